The Kier molecular flexibility index (Phi) is 63.0. The fourth-order valence-electron chi connectivity index (χ4n) is 10.7. The van der Waals surface area contributed by atoms with Gasteiger partial charge in [0.05, 0.1) is 0 Å². The summed E-state index contributed by atoms with van der Waals surface area (Å²) < 4.78 is 0. The first-order valence-corrected chi connectivity index (χ1v) is 36.3. The van der Waals surface area contributed by atoms with E-state index in [2.05, 4.69) is 80.7 Å². The molecule has 88 heavy (non-hydrogen) atoms. The van der Waals surface area contributed by atoms with E-state index < -0.39 is 24.2 Å². The van der Waals surface area contributed by atoms with Crippen LogP contribution in [0, 0.1) is 0 Å². The predicted molar refractivity (Wildman–Crippen MR) is 368 cm³/mol. The van der Waals surface area contributed by atoms with Gasteiger partial charge < -0.3 is 65.5 Å². The van der Waals surface area contributed by atoms with Crippen molar-refractivity contribution in [3.05, 3.63) is 24.3 Å². The van der Waals surface area contributed by atoms with Crippen LogP contribution >= 0.6 is 0 Å². The Hall–Kier alpha value is -3.94. The molecule has 0 aliphatic rings. The van der Waals surface area contributed by atoms with Gasteiger partial charge in [0.15, 0.2) is 0 Å². The molecule has 0 spiro atoms. The Morgan fingerprint density at radius 1 is 0.284 bits per heavy atom. The van der Waals surface area contributed by atoms with Gasteiger partial charge in [-0.1, -0.05) is 141 Å². The quantitative estimate of drug-likeness (QED) is 0.0200. The molecule has 0 aromatic carbocycles. The maximum absolute atomic E-state index is 13.7. The van der Waals surface area contributed by atoms with E-state index in [1.807, 2.05) is 0 Å². The zero-order valence-electron chi connectivity index (χ0n) is 56.6. The molecule has 18 nitrogen and oxygen atoms in total. The standard InChI is InChI=1S/C70H138N12O6/c1-3-5-7-9-11-13-15-17-19-21-23-25-27-29-31-49-65(83)79-63(47-35-39-53-73)69(87)81-61(45-33-37-51-71)67(85)77-59-43-57-75-55-41-42-56-76-58-44-60-78-68(86)62(46-34-38-52-72)82-70(88)64(48-36-40-54-74)80-66(84)50-32-30-28-26-24-22-20-18-16-14-12-10-8-6-4-2/h17-20,61-64,75-76H,3-16,21-60,71-74H2,1-2H3,(H,77,85)(H,78,86)(H,79,83)(H,80,84)(H,81,87)(H,82,88). The minimum absolute atomic E-state index is 0.136. The molecule has 0 fully saturated rings. The van der Waals surface area contributed by atoms with E-state index in [1.54, 1.807) is 0 Å². The molecule has 16 N–H and O–H groups in total. The van der Waals surface area contributed by atoms with Crippen LogP contribution in [0.4, 0.5) is 0 Å². The van der Waals surface area contributed by atoms with E-state index in [9.17, 15) is 28.8 Å². The van der Waals surface area contributed by atoms with Crippen LogP contribution in [-0.2, 0) is 28.8 Å². The van der Waals surface area contributed by atoms with Gasteiger partial charge in [0.2, 0.25) is 35.4 Å². The first-order chi connectivity index (χ1) is 43.1. The van der Waals surface area contributed by atoms with Crippen LogP contribution in [0.2, 0.25) is 0 Å². The summed E-state index contributed by atoms with van der Waals surface area (Å²) in [5, 5.41) is 24.8. The van der Waals surface area contributed by atoms with Crippen molar-refractivity contribution in [3.63, 3.8) is 0 Å². The number of unbranched alkanes of at least 4 members (excludes halogenated alkanes) is 27. The van der Waals surface area contributed by atoms with Gasteiger partial charge in [-0.2, -0.15) is 0 Å². The highest BCUT2D eigenvalue weighted by molar-refractivity contribution is 5.93. The monoisotopic (exact) mass is 1240 g/mol. The van der Waals surface area contributed by atoms with Crippen LogP contribution in [0.25, 0.3) is 0 Å². The lowest BCUT2D eigenvalue weighted by molar-refractivity contribution is -0.132. The van der Waals surface area contributed by atoms with Gasteiger partial charge in [-0.3, -0.25) is 28.8 Å². The number of carbonyl (C=O) groups is 6. The fourth-order valence-corrected chi connectivity index (χ4v) is 10.7. The van der Waals surface area contributed by atoms with E-state index in [4.69, 9.17) is 22.9 Å². The normalized spacial score (nSPS) is 12.9. The number of hydrogen-bond acceptors (Lipinski definition) is 12. The first kappa shape index (κ1) is 84.1. The number of carbonyl (C=O) groups excluding carboxylic acids is 6. The molecule has 0 radical (unpaired) electrons. The Bertz CT molecular complexity index is 1590. The molecule has 0 rings (SSSR count). The molecule has 0 saturated carbocycles. The van der Waals surface area contributed by atoms with Crippen molar-refractivity contribution < 1.29 is 28.8 Å². The van der Waals surface area contributed by atoms with E-state index in [1.165, 1.54) is 103 Å². The molecular formula is C70H138N12O6. The number of amides is 6. The second-order valence-electron chi connectivity index (χ2n) is 24.7. The molecule has 0 saturated heterocycles. The zero-order chi connectivity index (χ0) is 64.4. The first-order valence-electron chi connectivity index (χ1n) is 36.3. The summed E-state index contributed by atoms with van der Waals surface area (Å²) in [5.74, 6) is -1.41. The summed E-state index contributed by atoms with van der Waals surface area (Å²) in [5.41, 5.74) is 23.1. The maximum atomic E-state index is 13.7. The lowest BCUT2D eigenvalue weighted by Crippen LogP contribution is -2.54. The average Bonchev–Trinajstić information content (AvgIpc) is 3.68. The van der Waals surface area contributed by atoms with E-state index in [-0.39, 0.29) is 35.4 Å². The van der Waals surface area contributed by atoms with Crippen molar-refractivity contribution in [3.8, 4) is 0 Å². The minimum atomic E-state index is -0.729. The minimum Gasteiger partial charge on any atom is -0.354 e. The largest absolute Gasteiger partial charge is 0.354 e. The molecule has 0 aromatic heterocycles. The second-order valence-corrected chi connectivity index (χ2v) is 24.7. The summed E-state index contributed by atoms with van der Waals surface area (Å²) in [6.45, 7) is 10.6. The van der Waals surface area contributed by atoms with E-state index >= 15 is 0 Å². The van der Waals surface area contributed by atoms with Crippen molar-refractivity contribution in [2.24, 2.45) is 22.9 Å². The Labute approximate surface area is 537 Å². The number of allylic oxidation sites excluding steroid dienone is 4. The molecule has 4 unspecified atom stereocenters. The highest BCUT2D eigenvalue weighted by Gasteiger charge is 2.28. The van der Waals surface area contributed by atoms with E-state index in [0.717, 1.165) is 142 Å². The van der Waals surface area contributed by atoms with E-state index in [0.29, 0.717) is 103 Å². The summed E-state index contributed by atoms with van der Waals surface area (Å²) in [6.07, 6.45) is 51.9. The molecule has 0 aliphatic carbocycles. The Balaban J connectivity index is 4.66. The van der Waals surface area contributed by atoms with Gasteiger partial charge in [-0.15, -0.1) is 0 Å². The van der Waals surface area contributed by atoms with Crippen LogP contribution in [-0.4, -0.2) is 125 Å². The highest BCUT2D eigenvalue weighted by Crippen LogP contribution is 2.14. The topological polar surface area (TPSA) is 303 Å². The Morgan fingerprint density at radius 2 is 0.557 bits per heavy atom. The van der Waals surface area contributed by atoms with Crippen LogP contribution < -0.4 is 65.5 Å². The highest BCUT2D eigenvalue weighted by atomic mass is 16.2. The summed E-state index contributed by atoms with van der Waals surface area (Å²) in [4.78, 5) is 80.3. The number of nitrogens with two attached hydrogens (primary N) is 4. The van der Waals surface area contributed by atoms with Crippen molar-refractivity contribution in [1.82, 2.24) is 42.5 Å². The summed E-state index contributed by atoms with van der Waals surface area (Å²) in [6, 6.07) is -2.90. The molecule has 0 aromatic rings. The van der Waals surface area contributed by atoms with Gasteiger partial charge in [-0.25, -0.2) is 0 Å². The van der Waals surface area contributed by atoms with Gasteiger partial charge >= 0.3 is 0 Å². The molecule has 6 amide bonds. The molecule has 0 bridgehead atoms. The Morgan fingerprint density at radius 3 is 0.864 bits per heavy atom. The predicted octanol–water partition coefficient (Wildman–Crippen LogP) is 10.5. The molecule has 0 heterocycles. The molecule has 514 valence electrons. The van der Waals surface area contributed by atoms with Crippen LogP contribution in [0.15, 0.2) is 24.3 Å². The van der Waals surface area contributed by atoms with Gasteiger partial charge in [0, 0.05) is 25.9 Å². The second kappa shape index (κ2) is 66.0. The lowest BCUT2D eigenvalue weighted by Gasteiger charge is -2.23. The van der Waals surface area contributed by atoms with Crippen molar-refractivity contribution >= 4 is 35.4 Å². The SMILES string of the molecule is CCCCCCCCC=CCCCCCCCC(=O)NC(CCCCN)C(=O)NC(CCCCN)C(=O)NCCCNCCCCNCCCNC(=O)C(CCCCN)NC(=O)C(CCCCN)NC(=O)CCCCCCCC=CCCCCCCCC. The van der Waals surface area contributed by atoms with Crippen LogP contribution in [0.1, 0.15) is 296 Å². The molecule has 18 heteroatoms. The number of hydrogen-bond donors (Lipinski definition) is 12. The lowest BCUT2D eigenvalue weighted by atomic mass is 10.0. The van der Waals surface area contributed by atoms with Gasteiger partial charge in [-0.05, 0) is 219 Å². The molecule has 4 atom stereocenters. The number of rotatable bonds is 67. The zero-order valence-corrected chi connectivity index (χ0v) is 56.6. The fraction of sp³-hybridized carbons (Fsp3) is 0.857. The smallest absolute Gasteiger partial charge is 0.243 e. The third kappa shape index (κ3) is 54.9. The maximum Gasteiger partial charge on any atom is 0.243 e. The van der Waals surface area contributed by atoms with Crippen LogP contribution in [0.5, 0.6) is 0 Å². The summed E-state index contributed by atoms with van der Waals surface area (Å²) >= 11 is 0. The average molecular weight is 1240 g/mol. The van der Waals surface area contributed by atoms with Gasteiger partial charge in [0.25, 0.3) is 0 Å². The third-order valence-electron chi connectivity index (χ3n) is 16.3. The number of nitrogens with one attached hydrogen (secondary N) is 8. The van der Waals surface area contributed by atoms with Crippen molar-refractivity contribution in [1.29, 1.82) is 0 Å². The third-order valence-corrected chi connectivity index (χ3v) is 16.3. The van der Waals surface area contributed by atoms with Crippen molar-refractivity contribution in [2.75, 3.05) is 65.4 Å². The molecular weight excluding hydrogens is 1100 g/mol. The van der Waals surface area contributed by atoms with Crippen molar-refractivity contribution in [2.45, 2.75) is 321 Å². The van der Waals surface area contributed by atoms with Gasteiger partial charge in [0.1, 0.15) is 24.2 Å². The molecule has 0 aliphatic heterocycles. The summed E-state index contributed by atoms with van der Waals surface area (Å²) in [7, 11) is 0. The van der Waals surface area contributed by atoms with Crippen LogP contribution in [0.3, 0.4) is 0 Å².